The van der Waals surface area contributed by atoms with Crippen molar-refractivity contribution in [2.24, 2.45) is 0 Å². The molecule has 5 heteroatoms. The fourth-order valence-electron chi connectivity index (χ4n) is 2.30. The molecule has 96 valence electrons. The van der Waals surface area contributed by atoms with E-state index in [0.29, 0.717) is 12.3 Å². The molecule has 1 aromatic heterocycles. The van der Waals surface area contributed by atoms with Crippen LogP contribution in [0.3, 0.4) is 0 Å². The van der Waals surface area contributed by atoms with Gasteiger partial charge in [0.15, 0.2) is 9.84 Å². The molecule has 1 fully saturated rings. The van der Waals surface area contributed by atoms with Crippen LogP contribution in [-0.4, -0.2) is 26.0 Å². The van der Waals surface area contributed by atoms with E-state index in [0.717, 1.165) is 25.0 Å². The Morgan fingerprint density at radius 2 is 2.41 bits per heavy atom. The van der Waals surface area contributed by atoms with E-state index in [1.165, 1.54) is 0 Å². The largest absolute Gasteiger partial charge is 0.468 e. The van der Waals surface area contributed by atoms with Crippen molar-refractivity contribution in [1.82, 2.24) is 5.32 Å². The van der Waals surface area contributed by atoms with Crippen LogP contribution >= 0.6 is 0 Å². The lowest BCUT2D eigenvalue weighted by atomic mass is 10.1. The molecule has 2 rings (SSSR count). The van der Waals surface area contributed by atoms with Gasteiger partial charge in [0.2, 0.25) is 0 Å². The molecular weight excluding hydrogens is 238 g/mol. The van der Waals surface area contributed by atoms with Crippen molar-refractivity contribution in [3.63, 3.8) is 0 Å². The molecule has 1 aromatic rings. The van der Waals surface area contributed by atoms with E-state index in [9.17, 15) is 8.42 Å². The third-order valence-corrected chi connectivity index (χ3v) is 5.63. The molecule has 17 heavy (non-hydrogen) atoms. The minimum atomic E-state index is -2.85. The summed E-state index contributed by atoms with van der Waals surface area (Å²) in [4.78, 5) is 0. The Balaban J connectivity index is 1.93. The second-order valence-electron chi connectivity index (χ2n) is 4.52. The van der Waals surface area contributed by atoms with Crippen molar-refractivity contribution in [1.29, 1.82) is 0 Å². The van der Waals surface area contributed by atoms with Gasteiger partial charge < -0.3 is 9.73 Å². The average molecular weight is 257 g/mol. The van der Waals surface area contributed by atoms with Crippen LogP contribution in [0.25, 0.3) is 0 Å². The molecule has 4 nitrogen and oxygen atoms in total. The first-order valence-corrected chi connectivity index (χ1v) is 7.83. The van der Waals surface area contributed by atoms with Gasteiger partial charge in [0.05, 0.1) is 23.3 Å². The summed E-state index contributed by atoms with van der Waals surface area (Å²) < 4.78 is 28.7. The van der Waals surface area contributed by atoms with E-state index in [4.69, 9.17) is 4.42 Å². The average Bonchev–Trinajstić information content (AvgIpc) is 2.90. The standard InChI is InChI=1S/C12H19NO3S/c1-2-11(12-6-3-7-16-12)13-9-10-5-4-8-17(10,14)15/h3,6-7,10-11,13H,2,4-5,8-9H2,1H3. The zero-order valence-electron chi connectivity index (χ0n) is 10.1. The second kappa shape index (κ2) is 5.23. The molecular formula is C12H19NO3S. The third-order valence-electron chi connectivity index (χ3n) is 3.35. The Labute approximate surface area is 102 Å². The van der Waals surface area contributed by atoms with Crippen molar-refractivity contribution in [3.8, 4) is 0 Å². The van der Waals surface area contributed by atoms with Gasteiger partial charge in [-0.3, -0.25) is 0 Å². The highest BCUT2D eigenvalue weighted by Gasteiger charge is 2.31. The Morgan fingerprint density at radius 1 is 1.59 bits per heavy atom. The zero-order valence-corrected chi connectivity index (χ0v) is 10.9. The minimum absolute atomic E-state index is 0.112. The summed E-state index contributed by atoms with van der Waals surface area (Å²) in [6.07, 6.45) is 4.11. The summed E-state index contributed by atoms with van der Waals surface area (Å²) in [6, 6.07) is 3.89. The summed E-state index contributed by atoms with van der Waals surface area (Å²) in [6.45, 7) is 2.59. The van der Waals surface area contributed by atoms with Crippen LogP contribution in [0.4, 0.5) is 0 Å². The first-order chi connectivity index (χ1) is 8.13. The molecule has 2 atom stereocenters. The van der Waals surface area contributed by atoms with Crippen molar-refractivity contribution < 1.29 is 12.8 Å². The highest BCUT2D eigenvalue weighted by Crippen LogP contribution is 2.22. The lowest BCUT2D eigenvalue weighted by Gasteiger charge is -2.17. The van der Waals surface area contributed by atoms with Crippen LogP contribution in [0.2, 0.25) is 0 Å². The van der Waals surface area contributed by atoms with Crippen LogP contribution in [0, 0.1) is 0 Å². The number of rotatable bonds is 5. The lowest BCUT2D eigenvalue weighted by molar-refractivity contribution is 0.402. The first kappa shape index (κ1) is 12.6. The fourth-order valence-corrected chi connectivity index (χ4v) is 4.08. The predicted molar refractivity (Wildman–Crippen MR) is 66.6 cm³/mol. The molecule has 1 aliphatic heterocycles. The van der Waals surface area contributed by atoms with Crippen LogP contribution in [0.15, 0.2) is 22.8 Å². The molecule has 1 saturated heterocycles. The molecule has 1 N–H and O–H groups in total. The summed E-state index contributed by atoms with van der Waals surface area (Å²) in [7, 11) is -2.85. The van der Waals surface area contributed by atoms with E-state index in [-0.39, 0.29) is 11.3 Å². The highest BCUT2D eigenvalue weighted by molar-refractivity contribution is 7.92. The van der Waals surface area contributed by atoms with E-state index < -0.39 is 9.84 Å². The predicted octanol–water partition coefficient (Wildman–Crippen LogP) is 1.90. The van der Waals surface area contributed by atoms with Crippen LogP contribution in [-0.2, 0) is 9.84 Å². The maximum Gasteiger partial charge on any atom is 0.154 e. The molecule has 0 amide bonds. The zero-order chi connectivity index (χ0) is 12.3. The Morgan fingerprint density at radius 3 is 2.94 bits per heavy atom. The molecule has 0 saturated carbocycles. The van der Waals surface area contributed by atoms with Crippen LogP contribution in [0.5, 0.6) is 0 Å². The Bertz CT molecular complexity index is 438. The van der Waals surface area contributed by atoms with Gasteiger partial charge >= 0.3 is 0 Å². The normalized spacial score (nSPS) is 24.9. The number of furan rings is 1. The van der Waals surface area contributed by atoms with Gasteiger partial charge in [-0.05, 0) is 31.4 Å². The molecule has 2 heterocycles. The SMILES string of the molecule is CCC(NCC1CCCS1(=O)=O)c1ccco1. The summed E-state index contributed by atoms with van der Waals surface area (Å²) in [5.74, 6) is 1.22. The van der Waals surface area contributed by atoms with E-state index in [1.54, 1.807) is 6.26 Å². The number of sulfone groups is 1. The van der Waals surface area contributed by atoms with Crippen molar-refractivity contribution >= 4 is 9.84 Å². The van der Waals surface area contributed by atoms with E-state index >= 15 is 0 Å². The highest BCUT2D eigenvalue weighted by atomic mass is 32.2. The van der Waals surface area contributed by atoms with Gasteiger partial charge in [0.25, 0.3) is 0 Å². The molecule has 0 aliphatic carbocycles. The van der Waals surface area contributed by atoms with E-state index in [1.807, 2.05) is 12.1 Å². The second-order valence-corrected chi connectivity index (χ2v) is 6.92. The number of nitrogens with one attached hydrogen (secondary N) is 1. The maximum absolute atomic E-state index is 11.7. The van der Waals surface area contributed by atoms with Gasteiger partial charge in [-0.2, -0.15) is 0 Å². The molecule has 0 radical (unpaired) electrons. The number of hydrogen-bond acceptors (Lipinski definition) is 4. The molecule has 0 spiro atoms. The van der Waals surface area contributed by atoms with Gasteiger partial charge in [-0.15, -0.1) is 0 Å². The lowest BCUT2D eigenvalue weighted by Crippen LogP contribution is -2.32. The molecule has 0 bridgehead atoms. The van der Waals surface area contributed by atoms with E-state index in [2.05, 4.69) is 12.2 Å². The van der Waals surface area contributed by atoms with Crippen molar-refractivity contribution in [2.75, 3.05) is 12.3 Å². The quantitative estimate of drug-likeness (QED) is 0.875. The molecule has 1 aliphatic rings. The van der Waals surface area contributed by atoms with Gasteiger partial charge in [-0.25, -0.2) is 8.42 Å². The van der Waals surface area contributed by atoms with Gasteiger partial charge in [-0.1, -0.05) is 6.92 Å². The fraction of sp³-hybridized carbons (Fsp3) is 0.667. The molecule has 0 aromatic carbocycles. The van der Waals surface area contributed by atoms with Gasteiger partial charge in [0.1, 0.15) is 5.76 Å². The monoisotopic (exact) mass is 257 g/mol. The van der Waals surface area contributed by atoms with Crippen molar-refractivity contribution in [2.45, 2.75) is 37.5 Å². The smallest absolute Gasteiger partial charge is 0.154 e. The van der Waals surface area contributed by atoms with Crippen LogP contribution < -0.4 is 5.32 Å². The van der Waals surface area contributed by atoms with Crippen molar-refractivity contribution in [3.05, 3.63) is 24.2 Å². The Kier molecular flexibility index (Phi) is 3.89. The van der Waals surface area contributed by atoms with Gasteiger partial charge in [0, 0.05) is 6.54 Å². The summed E-state index contributed by atoms with van der Waals surface area (Å²) >= 11 is 0. The third kappa shape index (κ3) is 2.90. The first-order valence-electron chi connectivity index (χ1n) is 6.12. The summed E-state index contributed by atoms with van der Waals surface area (Å²) in [5.41, 5.74) is 0. The summed E-state index contributed by atoms with van der Waals surface area (Å²) in [5, 5.41) is 3.08. The maximum atomic E-state index is 11.7. The number of hydrogen-bond donors (Lipinski definition) is 1. The Hall–Kier alpha value is -0.810. The van der Waals surface area contributed by atoms with Crippen LogP contribution in [0.1, 0.15) is 38.0 Å². The topological polar surface area (TPSA) is 59.3 Å². The minimum Gasteiger partial charge on any atom is -0.468 e. The molecule has 2 unspecified atom stereocenters.